The van der Waals surface area contributed by atoms with Gasteiger partial charge in [0.1, 0.15) is 5.75 Å². The summed E-state index contributed by atoms with van der Waals surface area (Å²) in [6, 6.07) is 31.4. The highest BCUT2D eigenvalue weighted by atomic mass is 16.3. The van der Waals surface area contributed by atoms with Gasteiger partial charge < -0.3 is 5.11 Å². The Morgan fingerprint density at radius 3 is 1.17 bits per heavy atom. The lowest BCUT2D eigenvalue weighted by Gasteiger charge is -2.29. The van der Waals surface area contributed by atoms with E-state index in [1.165, 1.54) is 83.0 Å². The molecule has 0 fully saturated rings. The van der Waals surface area contributed by atoms with Gasteiger partial charge in [0.2, 0.25) is 0 Å². The van der Waals surface area contributed by atoms with Crippen molar-refractivity contribution >= 4 is 0 Å². The first kappa shape index (κ1) is 35.5. The number of aryl methyl sites for hydroxylation is 3. The average Bonchev–Trinajstić information content (AvgIpc) is 3.06. The monoisotopic (exact) mass is 616 g/mol. The lowest BCUT2D eigenvalue weighted by Crippen LogP contribution is -2.14. The Kier molecular flexibility index (Phi) is 14.0. The highest BCUT2D eigenvalue weighted by Crippen LogP contribution is 2.42. The van der Waals surface area contributed by atoms with Crippen LogP contribution in [0.1, 0.15) is 148 Å². The van der Waals surface area contributed by atoms with E-state index >= 15 is 0 Å². The number of benzene rings is 4. The van der Waals surface area contributed by atoms with Crippen molar-refractivity contribution in [2.24, 2.45) is 0 Å². The van der Waals surface area contributed by atoms with Gasteiger partial charge in [-0.05, 0) is 126 Å². The van der Waals surface area contributed by atoms with E-state index in [0.29, 0.717) is 11.7 Å². The summed E-state index contributed by atoms with van der Waals surface area (Å²) in [5.74, 6) is 1.30. The van der Waals surface area contributed by atoms with Crippen LogP contribution in [0.3, 0.4) is 0 Å². The number of unbranched alkanes of at least 4 members (excludes halogenated alkanes) is 3. The SMILES string of the molecule is CCCCc1ccccc1CC(C)c1ccc(O)c(C(C)Cc2ccccc2CCCC)c1C(C)Cc1ccccc1CCCC. The summed E-state index contributed by atoms with van der Waals surface area (Å²) in [6.07, 6.45) is 13.6. The smallest absolute Gasteiger partial charge is 0.119 e. The predicted molar refractivity (Wildman–Crippen MR) is 200 cm³/mol. The minimum Gasteiger partial charge on any atom is -0.508 e. The van der Waals surface area contributed by atoms with E-state index in [4.69, 9.17) is 0 Å². The van der Waals surface area contributed by atoms with E-state index < -0.39 is 0 Å². The minimum absolute atomic E-state index is 0.208. The largest absolute Gasteiger partial charge is 0.508 e. The van der Waals surface area contributed by atoms with Gasteiger partial charge in [-0.25, -0.2) is 0 Å². The second kappa shape index (κ2) is 18.1. The second-order valence-corrected chi connectivity index (χ2v) is 13.9. The topological polar surface area (TPSA) is 20.2 Å². The van der Waals surface area contributed by atoms with Crippen molar-refractivity contribution in [3.63, 3.8) is 0 Å². The lowest BCUT2D eigenvalue weighted by molar-refractivity contribution is 0.458. The number of hydrogen-bond acceptors (Lipinski definition) is 1. The Hall–Kier alpha value is -3.32. The molecule has 4 rings (SSSR count). The molecule has 0 radical (unpaired) electrons. The van der Waals surface area contributed by atoms with E-state index in [1.807, 2.05) is 6.07 Å². The molecule has 46 heavy (non-hydrogen) atoms. The van der Waals surface area contributed by atoms with Gasteiger partial charge in [0.15, 0.2) is 0 Å². The summed E-state index contributed by atoms with van der Waals surface area (Å²) in [7, 11) is 0. The summed E-state index contributed by atoms with van der Waals surface area (Å²) in [4.78, 5) is 0. The standard InChI is InChI=1S/C45H60O/c1-7-10-19-36-22-13-16-25-39(36)30-33(4)42-28-29-43(46)45(35(6)32-41-27-18-15-24-38(41)21-12-9-3)44(42)34(5)31-40-26-17-14-23-37(40)20-11-8-2/h13-18,22-29,33-35,46H,7-12,19-21,30-32H2,1-6H3. The zero-order valence-corrected chi connectivity index (χ0v) is 29.7. The number of rotatable bonds is 18. The van der Waals surface area contributed by atoms with Crippen molar-refractivity contribution in [3.05, 3.63) is 135 Å². The van der Waals surface area contributed by atoms with Crippen LogP contribution in [0.15, 0.2) is 84.9 Å². The van der Waals surface area contributed by atoms with Gasteiger partial charge in [-0.3, -0.25) is 0 Å². The maximum absolute atomic E-state index is 11.7. The molecule has 0 aliphatic carbocycles. The number of phenols is 1. The van der Waals surface area contributed by atoms with E-state index in [2.05, 4.69) is 120 Å². The third kappa shape index (κ3) is 9.37. The van der Waals surface area contributed by atoms with Crippen LogP contribution in [0.4, 0.5) is 0 Å². The highest BCUT2D eigenvalue weighted by Gasteiger charge is 2.26. The normalized spacial score (nSPS) is 13.4. The van der Waals surface area contributed by atoms with E-state index in [9.17, 15) is 5.11 Å². The van der Waals surface area contributed by atoms with Crippen LogP contribution in [0.5, 0.6) is 5.75 Å². The summed E-state index contributed by atoms with van der Waals surface area (Å²) < 4.78 is 0. The average molecular weight is 617 g/mol. The molecule has 4 aromatic carbocycles. The summed E-state index contributed by atoms with van der Waals surface area (Å²) >= 11 is 0. The highest BCUT2D eigenvalue weighted by molar-refractivity contribution is 5.51. The zero-order chi connectivity index (χ0) is 32.9. The fourth-order valence-corrected chi connectivity index (χ4v) is 7.55. The molecule has 1 N–H and O–H groups in total. The van der Waals surface area contributed by atoms with Crippen LogP contribution >= 0.6 is 0 Å². The van der Waals surface area contributed by atoms with Gasteiger partial charge in [0.05, 0.1) is 0 Å². The Morgan fingerprint density at radius 1 is 0.435 bits per heavy atom. The van der Waals surface area contributed by atoms with Crippen molar-refractivity contribution < 1.29 is 5.11 Å². The Labute approximate surface area is 281 Å². The maximum Gasteiger partial charge on any atom is 0.119 e. The zero-order valence-electron chi connectivity index (χ0n) is 29.7. The molecule has 246 valence electrons. The van der Waals surface area contributed by atoms with E-state index in [1.54, 1.807) is 0 Å². The third-order valence-electron chi connectivity index (χ3n) is 10.1. The van der Waals surface area contributed by atoms with E-state index in [0.717, 1.165) is 44.1 Å². The molecule has 1 nitrogen and oxygen atoms in total. The first-order valence-electron chi connectivity index (χ1n) is 18.4. The molecule has 0 saturated heterocycles. The molecule has 0 spiro atoms. The fourth-order valence-electron chi connectivity index (χ4n) is 7.55. The number of phenolic OH excluding ortho intramolecular Hbond substituents is 1. The molecule has 0 bridgehead atoms. The molecule has 0 aliphatic rings. The summed E-state index contributed by atoms with van der Waals surface area (Å²) in [5, 5.41) is 11.7. The van der Waals surface area contributed by atoms with Crippen molar-refractivity contribution in [1.29, 1.82) is 0 Å². The first-order chi connectivity index (χ1) is 22.4. The van der Waals surface area contributed by atoms with Gasteiger partial charge in [-0.1, -0.05) is 140 Å². The van der Waals surface area contributed by atoms with Crippen LogP contribution in [0, 0.1) is 0 Å². The Balaban J connectivity index is 1.77. The molecular formula is C45H60O. The molecule has 4 aromatic rings. The van der Waals surface area contributed by atoms with Crippen LogP contribution in [0.25, 0.3) is 0 Å². The predicted octanol–water partition coefficient (Wildman–Crippen LogP) is 12.5. The van der Waals surface area contributed by atoms with Gasteiger partial charge >= 0.3 is 0 Å². The molecule has 3 atom stereocenters. The lowest BCUT2D eigenvalue weighted by atomic mass is 9.76. The summed E-state index contributed by atoms with van der Waals surface area (Å²) in [5.41, 5.74) is 12.7. The number of aromatic hydroxyl groups is 1. The quantitative estimate of drug-likeness (QED) is 0.118. The Morgan fingerprint density at radius 2 is 0.783 bits per heavy atom. The molecule has 1 heteroatoms. The van der Waals surface area contributed by atoms with Crippen molar-refractivity contribution in [2.45, 2.75) is 136 Å². The minimum atomic E-state index is 0.208. The van der Waals surface area contributed by atoms with Gasteiger partial charge in [0.25, 0.3) is 0 Å². The molecule has 0 amide bonds. The second-order valence-electron chi connectivity index (χ2n) is 13.9. The van der Waals surface area contributed by atoms with Crippen LogP contribution in [-0.4, -0.2) is 5.11 Å². The molecule has 3 unspecified atom stereocenters. The third-order valence-corrected chi connectivity index (χ3v) is 10.1. The maximum atomic E-state index is 11.7. The molecular weight excluding hydrogens is 556 g/mol. The Bertz CT molecular complexity index is 1500. The van der Waals surface area contributed by atoms with Crippen LogP contribution in [0.2, 0.25) is 0 Å². The summed E-state index contributed by atoms with van der Waals surface area (Å²) in [6.45, 7) is 14.0. The van der Waals surface area contributed by atoms with Crippen molar-refractivity contribution in [1.82, 2.24) is 0 Å². The first-order valence-corrected chi connectivity index (χ1v) is 18.4. The molecule has 0 aromatic heterocycles. The van der Waals surface area contributed by atoms with E-state index in [-0.39, 0.29) is 11.8 Å². The van der Waals surface area contributed by atoms with Gasteiger partial charge in [-0.15, -0.1) is 0 Å². The van der Waals surface area contributed by atoms with Gasteiger partial charge in [0, 0.05) is 5.56 Å². The van der Waals surface area contributed by atoms with Gasteiger partial charge in [-0.2, -0.15) is 0 Å². The van der Waals surface area contributed by atoms with Crippen LogP contribution < -0.4 is 0 Å². The van der Waals surface area contributed by atoms with Crippen LogP contribution in [-0.2, 0) is 38.5 Å². The molecule has 0 heterocycles. The van der Waals surface area contributed by atoms with Crippen molar-refractivity contribution in [3.8, 4) is 5.75 Å². The van der Waals surface area contributed by atoms with Crippen molar-refractivity contribution in [2.75, 3.05) is 0 Å². The molecule has 0 aliphatic heterocycles. The molecule has 0 saturated carbocycles. The fraction of sp³-hybridized carbons (Fsp3) is 0.467. The number of hydrogen-bond donors (Lipinski definition) is 1.